The molecular weight excluding hydrogens is 234 g/mol. The van der Waals surface area contributed by atoms with Crippen LogP contribution in [-0.2, 0) is 9.53 Å². The van der Waals surface area contributed by atoms with E-state index < -0.39 is 43.2 Å². The molecule has 1 heterocycles. The van der Waals surface area contributed by atoms with Gasteiger partial charge in [0, 0.05) is 0 Å². The van der Waals surface area contributed by atoms with Crippen molar-refractivity contribution in [1.82, 2.24) is 0 Å². The highest BCUT2D eigenvalue weighted by atomic mass is 16.6. The number of aliphatic hydroxyl groups excluding tert-OH is 5. The zero-order chi connectivity index (χ0) is 13.6. The van der Waals surface area contributed by atoms with Crippen LogP contribution in [0.1, 0.15) is 0 Å². The highest BCUT2D eigenvalue weighted by Gasteiger charge is 2.42. The molecule has 0 aromatic rings. The van der Waals surface area contributed by atoms with Crippen molar-refractivity contribution in [1.29, 1.82) is 0 Å². The van der Waals surface area contributed by atoms with Crippen LogP contribution in [0.25, 0.3) is 0 Å². The molecule has 1 fully saturated rings. The molecule has 1 amide bonds. The third-order valence-electron chi connectivity index (χ3n) is 2.07. The molecule has 0 aromatic heterocycles. The van der Waals surface area contributed by atoms with E-state index in [2.05, 4.69) is 17.0 Å². The van der Waals surface area contributed by atoms with Gasteiger partial charge in [-0.05, 0) is 6.08 Å². The Hall–Kier alpha value is -1.03. The Balaban J connectivity index is 0.000000437. The molecule has 5 atom stereocenters. The fraction of sp³-hybridized carbons (Fsp3) is 0.667. The van der Waals surface area contributed by atoms with Gasteiger partial charge >= 0.3 is 0 Å². The monoisotopic (exact) mass is 251 g/mol. The van der Waals surface area contributed by atoms with Gasteiger partial charge < -0.3 is 36.0 Å². The largest absolute Gasteiger partial charge is 0.394 e. The predicted octanol–water partition coefficient (Wildman–Crippen LogP) is -3.56. The van der Waals surface area contributed by atoms with Gasteiger partial charge in [-0.15, -0.1) is 0 Å². The molecule has 1 rings (SSSR count). The average molecular weight is 251 g/mol. The van der Waals surface area contributed by atoms with Crippen LogP contribution in [-0.4, -0.2) is 68.8 Å². The number of carbonyl (C=O) groups is 1. The van der Waals surface area contributed by atoms with Crippen LogP contribution in [0.3, 0.4) is 0 Å². The van der Waals surface area contributed by atoms with Crippen molar-refractivity contribution in [2.75, 3.05) is 6.61 Å². The minimum atomic E-state index is -1.57. The molecule has 0 aromatic carbocycles. The maximum atomic E-state index is 9.47. The van der Waals surface area contributed by atoms with Crippen molar-refractivity contribution in [3.8, 4) is 0 Å². The second-order valence-electron chi connectivity index (χ2n) is 3.33. The van der Waals surface area contributed by atoms with E-state index in [-0.39, 0.29) is 0 Å². The molecule has 7 N–H and O–H groups in total. The van der Waals surface area contributed by atoms with Gasteiger partial charge in [-0.3, -0.25) is 4.79 Å². The first-order chi connectivity index (χ1) is 7.84. The first-order valence-corrected chi connectivity index (χ1v) is 4.75. The summed E-state index contributed by atoms with van der Waals surface area (Å²) >= 11 is 0. The Morgan fingerprint density at radius 1 is 1.24 bits per heavy atom. The molecule has 100 valence electrons. The summed E-state index contributed by atoms with van der Waals surface area (Å²) in [7, 11) is 0. The lowest BCUT2D eigenvalue weighted by molar-refractivity contribution is -0.286. The second-order valence-corrected chi connectivity index (χ2v) is 3.33. The average Bonchev–Trinajstić information content (AvgIpc) is 2.31. The van der Waals surface area contributed by atoms with Gasteiger partial charge in [-0.2, -0.15) is 0 Å². The van der Waals surface area contributed by atoms with Crippen LogP contribution >= 0.6 is 0 Å². The molecule has 17 heavy (non-hydrogen) atoms. The van der Waals surface area contributed by atoms with Gasteiger partial charge in [-0.25, -0.2) is 0 Å². The summed E-state index contributed by atoms with van der Waals surface area (Å²) in [4.78, 5) is 9.47. The zero-order valence-corrected chi connectivity index (χ0v) is 9.01. The summed E-state index contributed by atoms with van der Waals surface area (Å²) in [6.07, 6.45) is -5.99. The topological polar surface area (TPSA) is 153 Å². The quantitative estimate of drug-likeness (QED) is 0.277. The second kappa shape index (κ2) is 7.33. The number of primary amides is 1. The zero-order valence-electron chi connectivity index (χ0n) is 9.01. The van der Waals surface area contributed by atoms with E-state index in [9.17, 15) is 4.79 Å². The Morgan fingerprint density at radius 2 is 1.71 bits per heavy atom. The SMILES string of the molecule is C=CC(N)=O.OC[C@H]1OC(O)[C@H](O)[C@@H](O)[C@@H]1O. The summed E-state index contributed by atoms with van der Waals surface area (Å²) in [6.45, 7) is 2.56. The van der Waals surface area contributed by atoms with Crippen molar-refractivity contribution >= 4 is 5.91 Å². The molecule has 1 saturated heterocycles. The summed E-state index contributed by atoms with van der Waals surface area (Å²) in [5.41, 5.74) is 4.53. The van der Waals surface area contributed by atoms with E-state index in [0.29, 0.717) is 0 Å². The fourth-order valence-corrected chi connectivity index (χ4v) is 1.08. The Morgan fingerprint density at radius 3 is 2.06 bits per heavy atom. The number of aliphatic hydroxyl groups is 5. The van der Waals surface area contributed by atoms with Crippen LogP contribution in [0.15, 0.2) is 12.7 Å². The van der Waals surface area contributed by atoms with E-state index in [4.69, 9.17) is 25.5 Å². The molecule has 0 spiro atoms. The maximum absolute atomic E-state index is 9.47. The van der Waals surface area contributed by atoms with Crippen molar-refractivity contribution < 1.29 is 35.1 Å². The number of amides is 1. The summed E-state index contributed by atoms with van der Waals surface area (Å²) < 4.78 is 4.58. The molecular formula is C9H17NO7. The maximum Gasteiger partial charge on any atom is 0.240 e. The molecule has 8 heteroatoms. The molecule has 0 aliphatic carbocycles. The minimum Gasteiger partial charge on any atom is -0.394 e. The van der Waals surface area contributed by atoms with Crippen LogP contribution in [0.4, 0.5) is 0 Å². The standard InChI is InChI=1S/C6H12O6.C3H5NO/c7-1-2-3(8)4(9)5(10)6(11)12-2;1-2-3(4)5/h2-11H,1H2;2H,1H2,(H2,4,5)/t2-,3-,4+,5-,6?;/m1./s1. The summed E-state index contributed by atoms with van der Waals surface area (Å²) in [6, 6.07) is 0. The number of nitrogens with two attached hydrogens (primary N) is 1. The van der Waals surface area contributed by atoms with Crippen molar-refractivity contribution in [3.63, 3.8) is 0 Å². The molecule has 0 bridgehead atoms. The normalized spacial score (nSPS) is 36.6. The lowest BCUT2D eigenvalue weighted by Gasteiger charge is -2.37. The number of carbonyl (C=O) groups excluding carboxylic acids is 1. The molecule has 8 nitrogen and oxygen atoms in total. The Labute approximate surface area is 97.6 Å². The first kappa shape index (κ1) is 16.0. The van der Waals surface area contributed by atoms with E-state index >= 15 is 0 Å². The van der Waals surface area contributed by atoms with E-state index in [1.54, 1.807) is 0 Å². The fourth-order valence-electron chi connectivity index (χ4n) is 1.08. The summed E-state index contributed by atoms with van der Waals surface area (Å²) in [5, 5.41) is 44.7. The number of ether oxygens (including phenoxy) is 1. The lowest BCUT2D eigenvalue weighted by Crippen LogP contribution is -2.58. The highest BCUT2D eigenvalue weighted by Crippen LogP contribution is 2.18. The molecule has 1 aliphatic rings. The van der Waals surface area contributed by atoms with E-state index in [1.165, 1.54) is 0 Å². The van der Waals surface area contributed by atoms with Crippen molar-refractivity contribution in [2.24, 2.45) is 5.73 Å². The highest BCUT2D eigenvalue weighted by molar-refractivity contribution is 5.84. The van der Waals surface area contributed by atoms with Crippen molar-refractivity contribution in [2.45, 2.75) is 30.7 Å². The number of hydrogen-bond acceptors (Lipinski definition) is 7. The number of rotatable bonds is 2. The molecule has 1 aliphatic heterocycles. The van der Waals surface area contributed by atoms with Gasteiger partial charge in [0.25, 0.3) is 0 Å². The van der Waals surface area contributed by atoms with E-state index in [0.717, 1.165) is 6.08 Å². The third-order valence-corrected chi connectivity index (χ3v) is 2.07. The van der Waals surface area contributed by atoms with Gasteiger partial charge in [0.1, 0.15) is 24.4 Å². The van der Waals surface area contributed by atoms with Crippen LogP contribution in [0, 0.1) is 0 Å². The van der Waals surface area contributed by atoms with Gasteiger partial charge in [0.2, 0.25) is 5.91 Å². The molecule has 1 unspecified atom stereocenters. The molecule has 0 radical (unpaired) electrons. The Kier molecular flexibility index (Phi) is 6.88. The lowest BCUT2D eigenvalue weighted by atomic mass is 10.00. The van der Waals surface area contributed by atoms with Crippen LogP contribution < -0.4 is 5.73 Å². The first-order valence-electron chi connectivity index (χ1n) is 4.75. The predicted molar refractivity (Wildman–Crippen MR) is 55.4 cm³/mol. The summed E-state index contributed by atoms with van der Waals surface area (Å²) in [5.74, 6) is -0.481. The molecule has 0 saturated carbocycles. The van der Waals surface area contributed by atoms with Gasteiger partial charge in [-0.1, -0.05) is 6.58 Å². The number of hydrogen-bond donors (Lipinski definition) is 6. The smallest absolute Gasteiger partial charge is 0.240 e. The van der Waals surface area contributed by atoms with Gasteiger partial charge in [0.15, 0.2) is 6.29 Å². The Bertz CT molecular complexity index is 255. The van der Waals surface area contributed by atoms with Crippen LogP contribution in [0.2, 0.25) is 0 Å². The third kappa shape index (κ3) is 4.77. The van der Waals surface area contributed by atoms with E-state index in [1.807, 2.05) is 0 Å². The minimum absolute atomic E-state index is 0.481. The van der Waals surface area contributed by atoms with Crippen molar-refractivity contribution in [3.05, 3.63) is 12.7 Å². The van der Waals surface area contributed by atoms with Gasteiger partial charge in [0.05, 0.1) is 6.61 Å². The van der Waals surface area contributed by atoms with Crippen LogP contribution in [0.5, 0.6) is 0 Å².